The number of benzene rings is 1. The number of anilines is 1. The highest BCUT2D eigenvalue weighted by atomic mass is 19.1. The van der Waals surface area contributed by atoms with Gasteiger partial charge in [-0.3, -0.25) is 4.79 Å². The van der Waals surface area contributed by atoms with Gasteiger partial charge in [-0.15, -0.1) is 0 Å². The Kier molecular flexibility index (Phi) is 3.66. The van der Waals surface area contributed by atoms with E-state index < -0.39 is 6.04 Å². The predicted molar refractivity (Wildman–Crippen MR) is 58.3 cm³/mol. The number of carbonyl (C=O) groups excluding carboxylic acids is 1. The highest BCUT2D eigenvalue weighted by Gasteiger charge is 2.12. The number of rotatable bonds is 3. The van der Waals surface area contributed by atoms with E-state index in [0.717, 1.165) is 5.56 Å². The summed E-state index contributed by atoms with van der Waals surface area (Å²) >= 11 is 0. The summed E-state index contributed by atoms with van der Waals surface area (Å²) in [5, 5.41) is 5.31. The molecule has 0 fully saturated rings. The van der Waals surface area contributed by atoms with E-state index in [9.17, 15) is 9.18 Å². The van der Waals surface area contributed by atoms with Crippen LogP contribution in [0.3, 0.4) is 0 Å². The van der Waals surface area contributed by atoms with Crippen LogP contribution in [0.4, 0.5) is 10.1 Å². The number of likely N-dealkylation sites (N-methyl/N-ethyl adjacent to an activating group) is 1. The maximum Gasteiger partial charge on any atom is 0.241 e. The number of aryl methyl sites for hydroxylation is 1. The highest BCUT2D eigenvalue weighted by molar-refractivity contribution is 5.83. The molecule has 0 heterocycles. The number of hydrogen-bond acceptors (Lipinski definition) is 2. The van der Waals surface area contributed by atoms with Crippen LogP contribution in [0.5, 0.6) is 0 Å². The first kappa shape index (κ1) is 11.5. The molecule has 4 heteroatoms. The van der Waals surface area contributed by atoms with Crippen molar-refractivity contribution in [1.82, 2.24) is 5.32 Å². The maximum absolute atomic E-state index is 13.3. The lowest BCUT2D eigenvalue weighted by Crippen LogP contribution is -2.35. The minimum absolute atomic E-state index is 0.170. The third-order valence-corrected chi connectivity index (χ3v) is 2.13. The Labute approximate surface area is 88.7 Å². The van der Waals surface area contributed by atoms with Crippen LogP contribution in [-0.4, -0.2) is 19.0 Å². The van der Waals surface area contributed by atoms with E-state index in [-0.39, 0.29) is 11.7 Å². The summed E-state index contributed by atoms with van der Waals surface area (Å²) in [6, 6.07) is 4.29. The standard InChI is InChI=1S/C11H15FN2O/c1-7-4-5-9(12)10(6-7)14-8(2)11(15)13-3/h4-6,8,14H,1-3H3,(H,13,15). The number of amides is 1. The van der Waals surface area contributed by atoms with Gasteiger partial charge in [0.1, 0.15) is 11.9 Å². The second kappa shape index (κ2) is 4.77. The molecule has 1 rings (SSSR count). The summed E-state index contributed by atoms with van der Waals surface area (Å²) in [7, 11) is 1.55. The molecular formula is C11H15FN2O. The van der Waals surface area contributed by atoms with Crippen molar-refractivity contribution in [3.8, 4) is 0 Å². The number of halogens is 1. The third kappa shape index (κ3) is 2.94. The SMILES string of the molecule is CNC(=O)C(C)Nc1cc(C)ccc1F. The first-order chi connectivity index (χ1) is 7.04. The molecule has 0 saturated carbocycles. The van der Waals surface area contributed by atoms with E-state index >= 15 is 0 Å². The molecule has 0 aliphatic carbocycles. The monoisotopic (exact) mass is 210 g/mol. The zero-order valence-corrected chi connectivity index (χ0v) is 9.10. The van der Waals surface area contributed by atoms with Crippen molar-refractivity contribution in [2.45, 2.75) is 19.9 Å². The molecular weight excluding hydrogens is 195 g/mol. The van der Waals surface area contributed by atoms with E-state index in [4.69, 9.17) is 0 Å². The maximum atomic E-state index is 13.3. The number of nitrogens with one attached hydrogen (secondary N) is 2. The summed E-state index contributed by atoms with van der Waals surface area (Å²) in [5.41, 5.74) is 1.30. The summed E-state index contributed by atoms with van der Waals surface area (Å²) < 4.78 is 13.3. The molecule has 1 atom stereocenters. The van der Waals surface area contributed by atoms with Crippen LogP contribution < -0.4 is 10.6 Å². The van der Waals surface area contributed by atoms with E-state index in [1.54, 1.807) is 26.1 Å². The Morgan fingerprint density at radius 1 is 1.47 bits per heavy atom. The van der Waals surface area contributed by atoms with Gasteiger partial charge in [0.2, 0.25) is 5.91 Å². The predicted octanol–water partition coefficient (Wildman–Crippen LogP) is 1.68. The van der Waals surface area contributed by atoms with Crippen LogP contribution >= 0.6 is 0 Å². The van der Waals surface area contributed by atoms with Crippen LogP contribution in [-0.2, 0) is 4.79 Å². The molecule has 0 bridgehead atoms. The fourth-order valence-corrected chi connectivity index (χ4v) is 1.27. The van der Waals surface area contributed by atoms with Crippen molar-refractivity contribution in [2.24, 2.45) is 0 Å². The molecule has 1 aromatic rings. The average molecular weight is 210 g/mol. The Morgan fingerprint density at radius 3 is 2.73 bits per heavy atom. The van der Waals surface area contributed by atoms with Crippen LogP contribution in [0.25, 0.3) is 0 Å². The van der Waals surface area contributed by atoms with Crippen LogP contribution in [0.15, 0.2) is 18.2 Å². The zero-order chi connectivity index (χ0) is 11.4. The van der Waals surface area contributed by atoms with Gasteiger partial charge >= 0.3 is 0 Å². The highest BCUT2D eigenvalue weighted by Crippen LogP contribution is 2.16. The first-order valence-electron chi connectivity index (χ1n) is 4.79. The second-order valence-corrected chi connectivity index (χ2v) is 3.46. The van der Waals surface area contributed by atoms with E-state index in [1.165, 1.54) is 6.07 Å². The van der Waals surface area contributed by atoms with Gasteiger partial charge in [0.05, 0.1) is 5.69 Å². The molecule has 0 aliphatic rings. The van der Waals surface area contributed by atoms with Gasteiger partial charge in [-0.2, -0.15) is 0 Å². The van der Waals surface area contributed by atoms with Crippen LogP contribution in [0.2, 0.25) is 0 Å². The molecule has 1 unspecified atom stereocenters. The lowest BCUT2D eigenvalue weighted by Gasteiger charge is -2.14. The van der Waals surface area contributed by atoms with Gasteiger partial charge in [0.25, 0.3) is 0 Å². The minimum Gasteiger partial charge on any atom is -0.372 e. The Morgan fingerprint density at radius 2 is 2.13 bits per heavy atom. The topological polar surface area (TPSA) is 41.1 Å². The van der Waals surface area contributed by atoms with E-state index in [2.05, 4.69) is 10.6 Å². The summed E-state index contributed by atoms with van der Waals surface area (Å²) in [6.45, 7) is 3.55. The summed E-state index contributed by atoms with van der Waals surface area (Å²) in [4.78, 5) is 11.2. The fourth-order valence-electron chi connectivity index (χ4n) is 1.27. The normalized spacial score (nSPS) is 12.0. The molecule has 0 aliphatic heterocycles. The molecule has 0 aromatic heterocycles. The van der Waals surface area contributed by atoms with Crippen molar-refractivity contribution >= 4 is 11.6 Å². The summed E-state index contributed by atoms with van der Waals surface area (Å²) in [5.74, 6) is -0.521. The van der Waals surface area contributed by atoms with E-state index in [0.29, 0.717) is 5.69 Å². The van der Waals surface area contributed by atoms with Crippen molar-refractivity contribution < 1.29 is 9.18 Å². The lowest BCUT2D eigenvalue weighted by atomic mass is 10.2. The van der Waals surface area contributed by atoms with Gasteiger partial charge in [0.15, 0.2) is 0 Å². The molecule has 1 amide bonds. The summed E-state index contributed by atoms with van der Waals surface area (Å²) in [6.07, 6.45) is 0. The second-order valence-electron chi connectivity index (χ2n) is 3.46. The minimum atomic E-state index is -0.453. The van der Waals surface area contributed by atoms with Gasteiger partial charge in [-0.25, -0.2) is 4.39 Å². The Bertz CT molecular complexity index is 366. The Hall–Kier alpha value is -1.58. The van der Waals surface area contributed by atoms with Gasteiger partial charge in [-0.05, 0) is 31.5 Å². The average Bonchev–Trinajstić information content (AvgIpc) is 2.22. The third-order valence-electron chi connectivity index (χ3n) is 2.13. The molecule has 82 valence electrons. The molecule has 15 heavy (non-hydrogen) atoms. The van der Waals surface area contributed by atoms with Crippen molar-refractivity contribution in [3.63, 3.8) is 0 Å². The number of hydrogen-bond donors (Lipinski definition) is 2. The first-order valence-corrected chi connectivity index (χ1v) is 4.79. The molecule has 0 spiro atoms. The number of carbonyl (C=O) groups is 1. The van der Waals surface area contributed by atoms with Gasteiger partial charge in [0, 0.05) is 7.05 Å². The molecule has 2 N–H and O–H groups in total. The Balaban J connectivity index is 2.80. The molecule has 0 radical (unpaired) electrons. The molecule has 1 aromatic carbocycles. The lowest BCUT2D eigenvalue weighted by molar-refractivity contribution is -0.121. The smallest absolute Gasteiger partial charge is 0.241 e. The van der Waals surface area contributed by atoms with Crippen molar-refractivity contribution in [3.05, 3.63) is 29.6 Å². The zero-order valence-electron chi connectivity index (χ0n) is 9.10. The van der Waals surface area contributed by atoms with Gasteiger partial charge in [-0.1, -0.05) is 6.07 Å². The van der Waals surface area contributed by atoms with Crippen LogP contribution in [0.1, 0.15) is 12.5 Å². The molecule has 0 saturated heterocycles. The van der Waals surface area contributed by atoms with Crippen molar-refractivity contribution in [2.75, 3.05) is 12.4 Å². The van der Waals surface area contributed by atoms with E-state index in [1.807, 2.05) is 6.92 Å². The van der Waals surface area contributed by atoms with Crippen LogP contribution in [0, 0.1) is 12.7 Å². The largest absolute Gasteiger partial charge is 0.372 e. The fraction of sp³-hybridized carbons (Fsp3) is 0.364. The molecule has 3 nitrogen and oxygen atoms in total. The van der Waals surface area contributed by atoms with Gasteiger partial charge < -0.3 is 10.6 Å². The quantitative estimate of drug-likeness (QED) is 0.797. The van der Waals surface area contributed by atoms with Crippen molar-refractivity contribution in [1.29, 1.82) is 0 Å².